The van der Waals surface area contributed by atoms with Gasteiger partial charge in [-0.25, -0.2) is 0 Å². The monoisotopic (exact) mass is 344 g/mol. The number of aromatic amines is 1. The Morgan fingerprint density at radius 2 is 1.84 bits per heavy atom. The second kappa shape index (κ2) is 8.37. The van der Waals surface area contributed by atoms with E-state index in [0.29, 0.717) is 29.5 Å². The summed E-state index contributed by atoms with van der Waals surface area (Å²) in [5.41, 5.74) is 1.26. The SMILES string of the molecule is COc1ccc(C(CNC(=O)c2ccc(=O)[nH]c2)C(C)C)cc1OC. The van der Waals surface area contributed by atoms with E-state index >= 15 is 0 Å². The third-order valence-electron chi connectivity index (χ3n) is 4.17. The highest BCUT2D eigenvalue weighted by Gasteiger charge is 2.19. The van der Waals surface area contributed by atoms with Crippen LogP contribution in [0.25, 0.3) is 0 Å². The molecule has 0 fully saturated rings. The predicted molar refractivity (Wildman–Crippen MR) is 96.5 cm³/mol. The fourth-order valence-corrected chi connectivity index (χ4v) is 2.68. The zero-order valence-electron chi connectivity index (χ0n) is 15.0. The molecule has 1 heterocycles. The molecular formula is C19H24N2O4. The zero-order chi connectivity index (χ0) is 18.4. The maximum absolute atomic E-state index is 12.3. The molecule has 0 aliphatic carbocycles. The van der Waals surface area contributed by atoms with Gasteiger partial charge in [-0.15, -0.1) is 0 Å². The lowest BCUT2D eigenvalue weighted by molar-refractivity contribution is 0.0948. The van der Waals surface area contributed by atoms with E-state index in [9.17, 15) is 9.59 Å². The molecule has 6 nitrogen and oxygen atoms in total. The van der Waals surface area contributed by atoms with E-state index in [1.165, 1.54) is 18.3 Å². The highest BCUT2D eigenvalue weighted by molar-refractivity contribution is 5.93. The Kier molecular flexibility index (Phi) is 6.22. The topological polar surface area (TPSA) is 80.4 Å². The van der Waals surface area contributed by atoms with Gasteiger partial charge in [0.1, 0.15) is 0 Å². The van der Waals surface area contributed by atoms with Crippen molar-refractivity contribution >= 4 is 5.91 Å². The van der Waals surface area contributed by atoms with Crippen molar-refractivity contribution in [2.24, 2.45) is 5.92 Å². The first kappa shape index (κ1) is 18.6. The van der Waals surface area contributed by atoms with Crippen molar-refractivity contribution in [3.63, 3.8) is 0 Å². The van der Waals surface area contributed by atoms with E-state index in [2.05, 4.69) is 24.1 Å². The van der Waals surface area contributed by atoms with E-state index in [4.69, 9.17) is 9.47 Å². The highest BCUT2D eigenvalue weighted by atomic mass is 16.5. The van der Waals surface area contributed by atoms with E-state index in [1.807, 2.05) is 18.2 Å². The summed E-state index contributed by atoms with van der Waals surface area (Å²) in [6.07, 6.45) is 1.42. The molecule has 0 saturated carbocycles. The maximum atomic E-state index is 12.3. The van der Waals surface area contributed by atoms with Crippen LogP contribution in [0.1, 0.15) is 35.7 Å². The van der Waals surface area contributed by atoms with Crippen LogP contribution in [0.4, 0.5) is 0 Å². The second-order valence-electron chi connectivity index (χ2n) is 6.12. The van der Waals surface area contributed by atoms with Crippen molar-refractivity contribution in [3.05, 3.63) is 58.0 Å². The van der Waals surface area contributed by atoms with Crippen molar-refractivity contribution in [2.75, 3.05) is 20.8 Å². The summed E-state index contributed by atoms with van der Waals surface area (Å²) >= 11 is 0. The number of pyridine rings is 1. The first-order chi connectivity index (χ1) is 12.0. The summed E-state index contributed by atoms with van der Waals surface area (Å²) in [6.45, 7) is 4.69. The van der Waals surface area contributed by atoms with Crippen LogP contribution in [0.2, 0.25) is 0 Å². The van der Waals surface area contributed by atoms with Gasteiger partial charge in [0.15, 0.2) is 11.5 Å². The maximum Gasteiger partial charge on any atom is 0.252 e. The molecule has 2 aromatic rings. The number of hydrogen-bond acceptors (Lipinski definition) is 4. The van der Waals surface area contributed by atoms with Gasteiger partial charge in [0.25, 0.3) is 5.91 Å². The number of benzene rings is 1. The Labute approximate surface area is 147 Å². The van der Waals surface area contributed by atoms with Crippen LogP contribution in [0, 0.1) is 5.92 Å². The molecule has 1 atom stereocenters. The lowest BCUT2D eigenvalue weighted by Crippen LogP contribution is -2.30. The molecule has 2 rings (SSSR count). The standard InChI is InChI=1S/C19H24N2O4/c1-12(2)15(13-5-7-16(24-3)17(9-13)25-4)11-21-19(23)14-6-8-18(22)20-10-14/h5-10,12,15H,11H2,1-4H3,(H,20,22)(H,21,23). The summed E-state index contributed by atoms with van der Waals surface area (Å²) < 4.78 is 10.6. The Hall–Kier alpha value is -2.76. The molecule has 0 aliphatic rings. The minimum absolute atomic E-state index is 0.117. The van der Waals surface area contributed by atoms with Gasteiger partial charge in [-0.1, -0.05) is 19.9 Å². The van der Waals surface area contributed by atoms with Crippen LogP contribution >= 0.6 is 0 Å². The number of ether oxygens (including phenoxy) is 2. The zero-order valence-corrected chi connectivity index (χ0v) is 15.0. The van der Waals surface area contributed by atoms with Crippen LogP contribution in [-0.4, -0.2) is 31.7 Å². The molecular weight excluding hydrogens is 320 g/mol. The fraction of sp³-hybridized carbons (Fsp3) is 0.368. The summed E-state index contributed by atoms with van der Waals surface area (Å²) in [7, 11) is 3.20. The van der Waals surface area contributed by atoms with Gasteiger partial charge in [0.2, 0.25) is 5.56 Å². The summed E-state index contributed by atoms with van der Waals surface area (Å²) in [6, 6.07) is 8.64. The number of methoxy groups -OCH3 is 2. The van der Waals surface area contributed by atoms with E-state index in [-0.39, 0.29) is 17.4 Å². The molecule has 0 spiro atoms. The van der Waals surface area contributed by atoms with Gasteiger partial charge < -0.3 is 19.8 Å². The molecule has 1 unspecified atom stereocenters. The van der Waals surface area contributed by atoms with Crippen LogP contribution in [0.5, 0.6) is 11.5 Å². The summed E-state index contributed by atoms with van der Waals surface area (Å²) in [5, 5.41) is 2.93. The molecule has 0 bridgehead atoms. The van der Waals surface area contributed by atoms with Crippen LogP contribution in [-0.2, 0) is 0 Å². The first-order valence-electron chi connectivity index (χ1n) is 8.15. The van der Waals surface area contributed by atoms with Crippen LogP contribution in [0.15, 0.2) is 41.3 Å². The first-order valence-corrected chi connectivity index (χ1v) is 8.15. The molecule has 25 heavy (non-hydrogen) atoms. The molecule has 1 amide bonds. The summed E-state index contributed by atoms with van der Waals surface area (Å²) in [4.78, 5) is 25.9. The van der Waals surface area contributed by atoms with Crippen molar-refractivity contribution in [3.8, 4) is 11.5 Å². The Morgan fingerprint density at radius 1 is 1.12 bits per heavy atom. The Bertz CT molecular complexity index is 763. The number of amides is 1. The van der Waals surface area contributed by atoms with Crippen LogP contribution < -0.4 is 20.3 Å². The number of hydrogen-bond donors (Lipinski definition) is 2. The third kappa shape index (κ3) is 4.62. The molecule has 6 heteroatoms. The number of carbonyl (C=O) groups is 1. The molecule has 0 aliphatic heterocycles. The van der Waals surface area contributed by atoms with Gasteiger partial charge in [-0.3, -0.25) is 9.59 Å². The second-order valence-corrected chi connectivity index (χ2v) is 6.12. The number of H-pyrrole nitrogens is 1. The van der Waals surface area contributed by atoms with Gasteiger partial charge in [0.05, 0.1) is 19.8 Å². The van der Waals surface area contributed by atoms with Crippen molar-refractivity contribution in [1.82, 2.24) is 10.3 Å². The lowest BCUT2D eigenvalue weighted by atomic mass is 9.88. The van der Waals surface area contributed by atoms with Crippen LogP contribution in [0.3, 0.4) is 0 Å². The molecule has 0 saturated heterocycles. The minimum atomic E-state index is -0.234. The molecule has 1 aromatic carbocycles. The Balaban J connectivity index is 2.14. The van der Waals surface area contributed by atoms with Gasteiger partial charge >= 0.3 is 0 Å². The average molecular weight is 344 g/mol. The van der Waals surface area contributed by atoms with Gasteiger partial charge in [-0.2, -0.15) is 0 Å². The van der Waals surface area contributed by atoms with E-state index in [1.54, 1.807) is 14.2 Å². The smallest absolute Gasteiger partial charge is 0.252 e. The largest absolute Gasteiger partial charge is 0.493 e. The molecule has 1 aromatic heterocycles. The van der Waals surface area contributed by atoms with E-state index in [0.717, 1.165) is 5.56 Å². The lowest BCUT2D eigenvalue weighted by Gasteiger charge is -2.23. The molecule has 0 radical (unpaired) electrons. The van der Waals surface area contributed by atoms with E-state index < -0.39 is 0 Å². The van der Waals surface area contributed by atoms with Crippen molar-refractivity contribution in [2.45, 2.75) is 19.8 Å². The predicted octanol–water partition coefficient (Wildman–Crippen LogP) is 2.56. The number of rotatable bonds is 7. The number of nitrogens with one attached hydrogen (secondary N) is 2. The molecule has 134 valence electrons. The minimum Gasteiger partial charge on any atom is -0.493 e. The normalized spacial score (nSPS) is 11.9. The number of aromatic nitrogens is 1. The highest BCUT2D eigenvalue weighted by Crippen LogP contribution is 2.33. The third-order valence-corrected chi connectivity index (χ3v) is 4.17. The average Bonchev–Trinajstić information content (AvgIpc) is 2.61. The summed E-state index contributed by atoms with van der Waals surface area (Å²) in [5.74, 6) is 1.55. The van der Waals surface area contributed by atoms with Gasteiger partial charge in [-0.05, 0) is 29.7 Å². The molecule has 2 N–H and O–H groups in total. The van der Waals surface area contributed by atoms with Gasteiger partial charge in [0, 0.05) is 24.7 Å². The quantitative estimate of drug-likeness (QED) is 0.809. The Morgan fingerprint density at radius 3 is 2.40 bits per heavy atom. The fourth-order valence-electron chi connectivity index (χ4n) is 2.68. The van der Waals surface area contributed by atoms with Crippen molar-refractivity contribution in [1.29, 1.82) is 0 Å². The van der Waals surface area contributed by atoms with Crippen molar-refractivity contribution < 1.29 is 14.3 Å². The number of carbonyl (C=O) groups excluding carboxylic acids is 1.